The number of hydrogen-bond acceptors (Lipinski definition) is 6. The molecule has 1 rings (SSSR count). The highest BCUT2D eigenvalue weighted by Gasteiger charge is 2.36. The molecule has 1 aromatic rings. The van der Waals surface area contributed by atoms with Crippen LogP contribution in [-0.4, -0.2) is 34.2 Å². The van der Waals surface area contributed by atoms with Gasteiger partial charge in [0.05, 0.1) is 12.3 Å². The second-order valence-electron chi connectivity index (χ2n) is 2.60. The molecule has 0 amide bonds. The lowest BCUT2D eigenvalue weighted by Crippen LogP contribution is -2.40. The van der Waals surface area contributed by atoms with Gasteiger partial charge in [-0.05, 0) is 34.3 Å². The van der Waals surface area contributed by atoms with Crippen LogP contribution in [0.5, 0.6) is 0 Å². The quantitative estimate of drug-likeness (QED) is 0.683. The van der Waals surface area contributed by atoms with Crippen LogP contribution in [0.3, 0.4) is 0 Å². The van der Waals surface area contributed by atoms with E-state index in [2.05, 4.69) is 4.98 Å². The molecule has 0 fully saturated rings. The van der Waals surface area contributed by atoms with Crippen molar-refractivity contribution < 1.29 is 22.6 Å². The summed E-state index contributed by atoms with van der Waals surface area (Å²) >= 11 is -6.04. The number of aromatic nitrogens is 1. The SMILES string of the molecule is O=S([O-])C(CO)(c1ccccn1)S(=O)[O-]. The molecule has 0 bridgehead atoms. The van der Waals surface area contributed by atoms with E-state index in [9.17, 15) is 17.5 Å². The van der Waals surface area contributed by atoms with Gasteiger partial charge in [0, 0.05) is 6.20 Å². The van der Waals surface area contributed by atoms with Gasteiger partial charge in [-0.25, -0.2) is 0 Å². The average molecular weight is 249 g/mol. The molecular formula is C7H7NO5S2-2. The van der Waals surface area contributed by atoms with Crippen LogP contribution in [0.15, 0.2) is 24.4 Å². The Hall–Kier alpha value is -0.670. The number of hydrogen-bond donors (Lipinski definition) is 1. The van der Waals surface area contributed by atoms with Crippen molar-refractivity contribution >= 4 is 22.2 Å². The molecule has 15 heavy (non-hydrogen) atoms. The first kappa shape index (κ1) is 12.4. The summed E-state index contributed by atoms with van der Waals surface area (Å²) in [6, 6.07) is 4.17. The first-order chi connectivity index (χ1) is 7.05. The molecule has 0 aliphatic rings. The van der Waals surface area contributed by atoms with E-state index in [0.29, 0.717) is 0 Å². The molecule has 84 valence electrons. The van der Waals surface area contributed by atoms with E-state index < -0.39 is 32.8 Å². The van der Waals surface area contributed by atoms with Crippen LogP contribution in [0, 0.1) is 0 Å². The van der Waals surface area contributed by atoms with Gasteiger partial charge in [-0.15, -0.1) is 0 Å². The van der Waals surface area contributed by atoms with E-state index >= 15 is 0 Å². The van der Waals surface area contributed by atoms with Crippen LogP contribution in [0.2, 0.25) is 0 Å². The first-order valence-electron chi connectivity index (χ1n) is 3.77. The van der Waals surface area contributed by atoms with Crippen LogP contribution < -0.4 is 0 Å². The Labute approximate surface area is 90.9 Å². The largest absolute Gasteiger partial charge is 0.771 e. The Morgan fingerprint density at radius 2 is 1.93 bits per heavy atom. The zero-order valence-corrected chi connectivity index (χ0v) is 8.99. The van der Waals surface area contributed by atoms with E-state index in [4.69, 9.17) is 5.11 Å². The van der Waals surface area contributed by atoms with Crippen molar-refractivity contribution in [1.29, 1.82) is 0 Å². The smallest absolute Gasteiger partial charge is 0.159 e. The fraction of sp³-hybridized carbons (Fsp3) is 0.286. The molecule has 0 aliphatic carbocycles. The molecule has 0 saturated heterocycles. The van der Waals surface area contributed by atoms with Gasteiger partial charge in [0.25, 0.3) is 0 Å². The van der Waals surface area contributed by atoms with Crippen LogP contribution in [0.25, 0.3) is 0 Å². The van der Waals surface area contributed by atoms with Crippen LogP contribution in [-0.2, 0) is 26.2 Å². The molecule has 0 aliphatic heterocycles. The van der Waals surface area contributed by atoms with Crippen molar-refractivity contribution in [3.63, 3.8) is 0 Å². The minimum Gasteiger partial charge on any atom is -0.771 e. The summed E-state index contributed by atoms with van der Waals surface area (Å²) in [6.07, 6.45) is 1.25. The standard InChI is InChI=1S/C7H9NO5S2/c9-5-7(14(10)11,15(12)13)6-3-1-2-4-8-6/h1-4,9H,5H2,(H,10,11)(H,12,13)/p-2. The molecular weight excluding hydrogens is 242 g/mol. The molecule has 1 heterocycles. The van der Waals surface area contributed by atoms with Crippen molar-refractivity contribution in [3.8, 4) is 0 Å². The van der Waals surface area contributed by atoms with E-state index in [0.717, 1.165) is 0 Å². The predicted octanol–water partition coefficient (Wildman–Crippen LogP) is -1.02. The van der Waals surface area contributed by atoms with Crippen molar-refractivity contribution in [2.75, 3.05) is 6.61 Å². The average Bonchev–Trinajstić information content (AvgIpc) is 2.20. The van der Waals surface area contributed by atoms with Crippen molar-refractivity contribution in [2.24, 2.45) is 0 Å². The highest BCUT2D eigenvalue weighted by atomic mass is 32.3. The molecule has 6 nitrogen and oxygen atoms in total. The summed E-state index contributed by atoms with van der Waals surface area (Å²) in [7, 11) is 0. The van der Waals surface area contributed by atoms with Gasteiger partial charge >= 0.3 is 0 Å². The zero-order chi connectivity index (χ0) is 11.5. The van der Waals surface area contributed by atoms with E-state index in [1.54, 1.807) is 0 Å². The third kappa shape index (κ3) is 2.13. The van der Waals surface area contributed by atoms with Crippen LogP contribution >= 0.6 is 0 Å². The summed E-state index contributed by atoms with van der Waals surface area (Å²) in [6.45, 7) is -1.07. The van der Waals surface area contributed by atoms with Gasteiger partial charge in [0.2, 0.25) is 0 Å². The molecule has 8 heteroatoms. The molecule has 1 aromatic heterocycles. The van der Waals surface area contributed by atoms with E-state index in [1.807, 2.05) is 0 Å². The molecule has 2 unspecified atom stereocenters. The fourth-order valence-corrected chi connectivity index (χ4v) is 2.24. The number of pyridine rings is 1. The molecule has 0 saturated carbocycles. The normalized spacial score (nSPS) is 19.1. The van der Waals surface area contributed by atoms with Gasteiger partial charge in [0.15, 0.2) is 4.08 Å². The topological polar surface area (TPSA) is 113 Å². The molecule has 0 spiro atoms. The van der Waals surface area contributed by atoms with Crippen molar-refractivity contribution in [3.05, 3.63) is 30.1 Å². The first-order valence-corrected chi connectivity index (χ1v) is 5.92. The minimum absolute atomic E-state index is 0.228. The Morgan fingerprint density at radius 1 is 1.33 bits per heavy atom. The van der Waals surface area contributed by atoms with Crippen molar-refractivity contribution in [2.45, 2.75) is 4.08 Å². The summed E-state index contributed by atoms with van der Waals surface area (Å²) < 4.78 is 41.2. The van der Waals surface area contributed by atoms with E-state index in [-0.39, 0.29) is 5.69 Å². The van der Waals surface area contributed by atoms with Crippen LogP contribution in [0.4, 0.5) is 0 Å². The third-order valence-corrected chi connectivity index (χ3v) is 4.37. The monoisotopic (exact) mass is 249 g/mol. The second-order valence-corrected chi connectivity index (χ2v) is 5.19. The lowest BCUT2D eigenvalue weighted by Gasteiger charge is -2.34. The Balaban J connectivity index is 3.35. The fourth-order valence-electron chi connectivity index (χ4n) is 1.00. The zero-order valence-electron chi connectivity index (χ0n) is 7.36. The molecule has 0 radical (unpaired) electrons. The maximum Gasteiger partial charge on any atom is 0.159 e. The number of aliphatic hydroxyl groups is 1. The molecule has 0 aromatic carbocycles. The second kappa shape index (κ2) is 4.90. The maximum absolute atomic E-state index is 10.9. The number of aliphatic hydroxyl groups excluding tert-OH is 1. The molecule has 1 N–H and O–H groups in total. The predicted molar refractivity (Wildman–Crippen MR) is 50.8 cm³/mol. The van der Waals surface area contributed by atoms with Gasteiger partial charge < -0.3 is 14.2 Å². The summed E-state index contributed by atoms with van der Waals surface area (Å²) in [5.74, 6) is 0. The Kier molecular flexibility index (Phi) is 4.05. The Bertz CT molecular complexity index is 368. The minimum atomic E-state index is -3.02. The number of nitrogens with zero attached hydrogens (tertiary/aromatic N) is 1. The third-order valence-electron chi connectivity index (χ3n) is 1.80. The van der Waals surface area contributed by atoms with Gasteiger partial charge in [0.1, 0.15) is 0 Å². The summed E-state index contributed by atoms with van der Waals surface area (Å²) in [5.41, 5.74) is -0.228. The maximum atomic E-state index is 10.9. The van der Waals surface area contributed by atoms with E-state index in [1.165, 1.54) is 24.4 Å². The highest BCUT2D eigenvalue weighted by molar-refractivity contribution is 7.98. The highest BCUT2D eigenvalue weighted by Crippen LogP contribution is 2.28. The lowest BCUT2D eigenvalue weighted by molar-refractivity contribution is 0.268. The lowest BCUT2D eigenvalue weighted by atomic mass is 10.3. The Morgan fingerprint density at radius 3 is 2.27 bits per heavy atom. The summed E-state index contributed by atoms with van der Waals surface area (Å²) in [5, 5.41) is 8.94. The van der Waals surface area contributed by atoms with Gasteiger partial charge in [-0.1, -0.05) is 6.07 Å². The summed E-state index contributed by atoms with van der Waals surface area (Å²) in [4.78, 5) is 3.62. The van der Waals surface area contributed by atoms with Gasteiger partial charge in [-0.2, -0.15) is 0 Å². The van der Waals surface area contributed by atoms with Crippen LogP contribution in [0.1, 0.15) is 5.69 Å². The van der Waals surface area contributed by atoms with Gasteiger partial charge in [-0.3, -0.25) is 13.4 Å². The van der Waals surface area contributed by atoms with Crippen molar-refractivity contribution in [1.82, 2.24) is 4.98 Å². The molecule has 2 atom stereocenters. The number of rotatable bonds is 4.